The number of carbonyl (C=O) groups excluding carboxylic acids is 1. The van der Waals surface area contributed by atoms with Crippen LogP contribution in [0.3, 0.4) is 0 Å². The van der Waals surface area contributed by atoms with E-state index in [9.17, 15) is 4.79 Å². The molecule has 1 N–H and O–H groups in total. The molecule has 0 unspecified atom stereocenters. The molecule has 0 bridgehead atoms. The maximum Gasteiger partial charge on any atom is 0.162 e. The zero-order valence-electron chi connectivity index (χ0n) is 16.2. The van der Waals surface area contributed by atoms with Crippen molar-refractivity contribution in [1.82, 2.24) is 15.0 Å². The van der Waals surface area contributed by atoms with Gasteiger partial charge in [0.05, 0.1) is 22.4 Å². The van der Waals surface area contributed by atoms with Crippen molar-refractivity contribution in [2.75, 3.05) is 0 Å². The molecule has 0 atom stereocenters. The van der Waals surface area contributed by atoms with E-state index in [-0.39, 0.29) is 5.78 Å². The van der Waals surface area contributed by atoms with Crippen LogP contribution in [0.1, 0.15) is 22.8 Å². The highest BCUT2D eigenvalue weighted by Gasteiger charge is 2.22. The SMILES string of the molecule is CC(=O)c1c(-c2ccnc3ccccc23)[nH]c(-c2ccnc3ccccc23)c1C. The summed E-state index contributed by atoms with van der Waals surface area (Å²) >= 11 is 0. The van der Waals surface area contributed by atoms with Crippen LogP contribution in [-0.2, 0) is 0 Å². The number of benzene rings is 2. The van der Waals surface area contributed by atoms with E-state index in [2.05, 4.69) is 21.0 Å². The van der Waals surface area contributed by atoms with Crippen LogP contribution < -0.4 is 0 Å². The van der Waals surface area contributed by atoms with Crippen molar-refractivity contribution in [2.24, 2.45) is 0 Å². The van der Waals surface area contributed by atoms with E-state index in [0.717, 1.165) is 55.4 Å². The van der Waals surface area contributed by atoms with E-state index < -0.39 is 0 Å². The van der Waals surface area contributed by atoms with Gasteiger partial charge in [-0.3, -0.25) is 14.8 Å². The average Bonchev–Trinajstić information content (AvgIpc) is 3.10. The number of ketones is 1. The lowest BCUT2D eigenvalue weighted by atomic mass is 9.97. The fourth-order valence-electron chi connectivity index (χ4n) is 4.13. The van der Waals surface area contributed by atoms with Gasteiger partial charge in [0.15, 0.2) is 5.78 Å². The predicted molar refractivity (Wildman–Crippen MR) is 117 cm³/mol. The van der Waals surface area contributed by atoms with Gasteiger partial charge in [-0.15, -0.1) is 0 Å². The summed E-state index contributed by atoms with van der Waals surface area (Å²) in [6.07, 6.45) is 3.60. The van der Waals surface area contributed by atoms with Crippen LogP contribution in [0.4, 0.5) is 0 Å². The molecule has 0 aliphatic rings. The number of hydrogen-bond acceptors (Lipinski definition) is 3. The highest BCUT2D eigenvalue weighted by atomic mass is 16.1. The Bertz CT molecular complexity index is 1390. The molecule has 0 fully saturated rings. The summed E-state index contributed by atoms with van der Waals surface area (Å²) in [7, 11) is 0. The molecule has 0 saturated heterocycles. The summed E-state index contributed by atoms with van der Waals surface area (Å²) in [6, 6.07) is 20.0. The number of Topliss-reactive ketones (excluding diaryl/α,β-unsaturated/α-hetero) is 1. The molecule has 0 amide bonds. The molecular formula is C25H19N3O. The topological polar surface area (TPSA) is 58.6 Å². The monoisotopic (exact) mass is 377 g/mol. The van der Waals surface area contributed by atoms with Gasteiger partial charge in [-0.1, -0.05) is 36.4 Å². The molecule has 140 valence electrons. The van der Waals surface area contributed by atoms with Gasteiger partial charge in [0.25, 0.3) is 0 Å². The van der Waals surface area contributed by atoms with E-state index in [0.29, 0.717) is 0 Å². The second-order valence-electron chi connectivity index (χ2n) is 7.18. The largest absolute Gasteiger partial charge is 0.354 e. The van der Waals surface area contributed by atoms with Crippen molar-refractivity contribution < 1.29 is 4.79 Å². The summed E-state index contributed by atoms with van der Waals surface area (Å²) < 4.78 is 0. The van der Waals surface area contributed by atoms with Gasteiger partial charge in [-0.2, -0.15) is 0 Å². The lowest BCUT2D eigenvalue weighted by Gasteiger charge is -2.07. The Morgan fingerprint density at radius 2 is 1.28 bits per heavy atom. The van der Waals surface area contributed by atoms with Crippen LogP contribution >= 0.6 is 0 Å². The van der Waals surface area contributed by atoms with Crippen molar-refractivity contribution in [3.8, 4) is 22.5 Å². The Hall–Kier alpha value is -3.79. The molecule has 5 aromatic rings. The summed E-state index contributed by atoms with van der Waals surface area (Å²) in [6.45, 7) is 3.63. The lowest BCUT2D eigenvalue weighted by molar-refractivity contribution is 0.101. The standard InChI is InChI=1S/C25H19N3O/c1-15-23(16(2)29)25(20-12-14-27-22-10-6-4-8-18(20)22)28-24(15)19-11-13-26-21-9-5-3-7-17(19)21/h3-14,28H,1-2H3. The molecule has 3 heterocycles. The normalized spacial score (nSPS) is 11.2. The number of para-hydroxylation sites is 2. The van der Waals surface area contributed by atoms with Crippen LogP contribution in [-0.4, -0.2) is 20.7 Å². The van der Waals surface area contributed by atoms with E-state index >= 15 is 0 Å². The van der Waals surface area contributed by atoms with Gasteiger partial charge in [-0.05, 0) is 43.7 Å². The van der Waals surface area contributed by atoms with Crippen LogP contribution in [0.5, 0.6) is 0 Å². The smallest absolute Gasteiger partial charge is 0.162 e. The first-order valence-electron chi connectivity index (χ1n) is 9.57. The third-order valence-corrected chi connectivity index (χ3v) is 5.44. The molecule has 4 nitrogen and oxygen atoms in total. The molecule has 0 aliphatic heterocycles. The van der Waals surface area contributed by atoms with Gasteiger partial charge in [0.2, 0.25) is 0 Å². The molecule has 3 aromatic heterocycles. The molecular weight excluding hydrogens is 358 g/mol. The minimum Gasteiger partial charge on any atom is -0.354 e. The second-order valence-corrected chi connectivity index (χ2v) is 7.18. The Balaban J connectivity index is 1.84. The maximum atomic E-state index is 12.7. The number of carbonyl (C=O) groups is 1. The van der Waals surface area contributed by atoms with Crippen LogP contribution in [0.2, 0.25) is 0 Å². The highest BCUT2D eigenvalue weighted by Crippen LogP contribution is 2.38. The summed E-state index contributed by atoms with van der Waals surface area (Å²) in [5, 5.41) is 2.07. The lowest BCUT2D eigenvalue weighted by Crippen LogP contribution is -1.96. The Morgan fingerprint density at radius 1 is 0.759 bits per heavy atom. The van der Waals surface area contributed by atoms with E-state index in [4.69, 9.17) is 0 Å². The van der Waals surface area contributed by atoms with Gasteiger partial charge in [-0.25, -0.2) is 0 Å². The molecule has 0 saturated carbocycles. The second kappa shape index (κ2) is 6.67. The first-order valence-corrected chi connectivity index (χ1v) is 9.57. The first kappa shape index (κ1) is 17.3. The maximum absolute atomic E-state index is 12.7. The fourth-order valence-corrected chi connectivity index (χ4v) is 4.13. The number of H-pyrrole nitrogens is 1. The summed E-state index contributed by atoms with van der Waals surface area (Å²) in [5.41, 5.74) is 7.31. The molecule has 0 radical (unpaired) electrons. The highest BCUT2D eigenvalue weighted by molar-refractivity contribution is 6.08. The fraction of sp³-hybridized carbons (Fsp3) is 0.0800. The van der Waals surface area contributed by atoms with Crippen LogP contribution in [0.25, 0.3) is 44.3 Å². The van der Waals surface area contributed by atoms with Gasteiger partial charge in [0, 0.05) is 39.9 Å². The number of hydrogen-bond donors (Lipinski definition) is 1. The average molecular weight is 377 g/mol. The van der Waals surface area contributed by atoms with E-state index in [1.54, 1.807) is 13.1 Å². The van der Waals surface area contributed by atoms with Crippen molar-refractivity contribution in [2.45, 2.75) is 13.8 Å². The summed E-state index contributed by atoms with van der Waals surface area (Å²) in [5.74, 6) is 0.0410. The van der Waals surface area contributed by atoms with E-state index in [1.807, 2.05) is 67.7 Å². The third-order valence-electron chi connectivity index (χ3n) is 5.44. The van der Waals surface area contributed by atoms with Crippen molar-refractivity contribution in [1.29, 1.82) is 0 Å². The number of nitrogens with one attached hydrogen (secondary N) is 1. The Labute approximate surface area is 168 Å². The molecule has 5 rings (SSSR count). The minimum atomic E-state index is 0.0410. The van der Waals surface area contributed by atoms with Crippen molar-refractivity contribution >= 4 is 27.6 Å². The molecule has 2 aromatic carbocycles. The van der Waals surface area contributed by atoms with Crippen molar-refractivity contribution in [3.63, 3.8) is 0 Å². The Kier molecular flexibility index (Phi) is 3.98. The van der Waals surface area contributed by atoms with Gasteiger partial charge in [0.1, 0.15) is 0 Å². The van der Waals surface area contributed by atoms with Crippen LogP contribution in [0.15, 0.2) is 73.1 Å². The van der Waals surface area contributed by atoms with Gasteiger partial charge >= 0.3 is 0 Å². The van der Waals surface area contributed by atoms with Crippen LogP contribution in [0, 0.1) is 6.92 Å². The van der Waals surface area contributed by atoms with Crippen molar-refractivity contribution in [3.05, 3.63) is 84.2 Å². The minimum absolute atomic E-state index is 0.0410. The molecule has 4 heteroatoms. The zero-order chi connectivity index (χ0) is 20.0. The first-order chi connectivity index (χ1) is 14.1. The third kappa shape index (κ3) is 2.72. The van der Waals surface area contributed by atoms with E-state index in [1.165, 1.54) is 0 Å². The Morgan fingerprint density at radius 3 is 1.83 bits per heavy atom. The molecule has 0 spiro atoms. The number of pyridine rings is 2. The summed E-state index contributed by atoms with van der Waals surface area (Å²) in [4.78, 5) is 25.2. The predicted octanol–water partition coefficient (Wildman–Crippen LogP) is 5.96. The molecule has 29 heavy (non-hydrogen) atoms. The van der Waals surface area contributed by atoms with Gasteiger partial charge < -0.3 is 4.98 Å². The number of rotatable bonds is 3. The number of fused-ring (bicyclic) bond motifs is 2. The zero-order valence-corrected chi connectivity index (χ0v) is 16.2. The number of aromatic amines is 1. The quantitative estimate of drug-likeness (QED) is 0.395. The number of nitrogens with zero attached hydrogens (tertiary/aromatic N) is 2. The molecule has 0 aliphatic carbocycles. The number of aromatic nitrogens is 3.